The first-order valence-electron chi connectivity index (χ1n) is 7.47. The van der Waals surface area contributed by atoms with Gasteiger partial charge in [-0.15, -0.1) is 0 Å². The smallest absolute Gasteiger partial charge is 0.270 e. The Balaban J connectivity index is 1.95. The van der Waals surface area contributed by atoms with Crippen LogP contribution in [0.1, 0.15) is 35.8 Å². The minimum Gasteiger partial charge on any atom is -0.350 e. The van der Waals surface area contributed by atoms with Gasteiger partial charge in [-0.1, -0.05) is 18.6 Å². The van der Waals surface area contributed by atoms with Crippen molar-refractivity contribution in [3.8, 4) is 0 Å². The molecule has 0 atom stereocenters. The molecule has 1 aromatic heterocycles. The maximum Gasteiger partial charge on any atom is 0.270 e. The largest absolute Gasteiger partial charge is 0.350 e. The van der Waals surface area contributed by atoms with Gasteiger partial charge >= 0.3 is 0 Å². The molecule has 0 unspecified atom stereocenters. The molecule has 21 heavy (non-hydrogen) atoms. The minimum absolute atomic E-state index is 0.0681. The molecule has 2 aromatic rings. The highest BCUT2D eigenvalue weighted by atomic mass is 16.2. The van der Waals surface area contributed by atoms with Crippen molar-refractivity contribution < 1.29 is 4.79 Å². The van der Waals surface area contributed by atoms with E-state index in [1.165, 1.54) is 6.07 Å². The molecule has 0 aliphatic carbocycles. The number of aromatic nitrogens is 1. The second kappa shape index (κ2) is 5.35. The van der Waals surface area contributed by atoms with E-state index < -0.39 is 0 Å². The van der Waals surface area contributed by atoms with Gasteiger partial charge < -0.3 is 9.88 Å². The lowest BCUT2D eigenvalue weighted by Gasteiger charge is -2.30. The molecule has 1 saturated heterocycles. The summed E-state index contributed by atoms with van der Waals surface area (Å²) in [5.41, 5.74) is 2.06. The Bertz CT molecular complexity index is 740. The average molecular weight is 284 g/mol. The van der Waals surface area contributed by atoms with Gasteiger partial charge in [-0.3, -0.25) is 9.59 Å². The van der Waals surface area contributed by atoms with Gasteiger partial charge in [0.25, 0.3) is 5.91 Å². The predicted octanol–water partition coefficient (Wildman–Crippen LogP) is 2.71. The normalized spacial score (nSPS) is 16.4. The summed E-state index contributed by atoms with van der Waals surface area (Å²) in [6, 6.07) is 7.09. The van der Waals surface area contributed by atoms with E-state index in [1.54, 1.807) is 0 Å². The summed E-state index contributed by atoms with van der Waals surface area (Å²) in [5.74, 6) is 0.606. The van der Waals surface area contributed by atoms with E-state index in [0.717, 1.165) is 37.0 Å². The van der Waals surface area contributed by atoms with E-state index in [1.807, 2.05) is 30.0 Å². The van der Waals surface area contributed by atoms with Crippen LogP contribution in [0.4, 0.5) is 0 Å². The number of H-pyrrole nitrogens is 1. The van der Waals surface area contributed by atoms with Crippen molar-refractivity contribution in [2.75, 3.05) is 13.1 Å². The summed E-state index contributed by atoms with van der Waals surface area (Å²) in [4.78, 5) is 29.7. The average Bonchev–Trinajstić information content (AvgIpc) is 2.48. The molecule has 110 valence electrons. The first-order valence-corrected chi connectivity index (χ1v) is 7.47. The molecule has 0 bridgehead atoms. The third-order valence-corrected chi connectivity index (χ3v) is 4.29. The van der Waals surface area contributed by atoms with E-state index in [4.69, 9.17) is 0 Å². The van der Waals surface area contributed by atoms with E-state index in [0.29, 0.717) is 17.0 Å². The summed E-state index contributed by atoms with van der Waals surface area (Å²) < 4.78 is 0. The molecule has 1 aromatic carbocycles. The first kappa shape index (κ1) is 13.9. The summed E-state index contributed by atoms with van der Waals surface area (Å²) in [7, 11) is 0. The summed E-state index contributed by atoms with van der Waals surface area (Å²) >= 11 is 0. The number of fused-ring (bicyclic) bond motifs is 1. The Kier molecular flexibility index (Phi) is 3.53. The number of hydrogen-bond acceptors (Lipinski definition) is 2. The Hall–Kier alpha value is -2.10. The molecule has 4 nitrogen and oxygen atoms in total. The van der Waals surface area contributed by atoms with Gasteiger partial charge in [-0.25, -0.2) is 0 Å². The SMILES string of the molecule is Cc1ccc2[nH]c(C(=O)N3CCC(C)CC3)cc(=O)c2c1. The topological polar surface area (TPSA) is 53.2 Å². The Morgan fingerprint density at radius 3 is 2.67 bits per heavy atom. The lowest BCUT2D eigenvalue weighted by molar-refractivity contribution is 0.0691. The zero-order chi connectivity index (χ0) is 15.0. The number of aromatic amines is 1. The number of carbonyl (C=O) groups is 1. The van der Waals surface area contributed by atoms with Crippen molar-refractivity contribution in [1.82, 2.24) is 9.88 Å². The fraction of sp³-hybridized carbons (Fsp3) is 0.412. The van der Waals surface area contributed by atoms with Crippen molar-refractivity contribution in [3.63, 3.8) is 0 Å². The number of carbonyl (C=O) groups excluding carboxylic acids is 1. The number of amides is 1. The van der Waals surface area contributed by atoms with Gasteiger partial charge in [0.1, 0.15) is 5.69 Å². The lowest BCUT2D eigenvalue weighted by Crippen LogP contribution is -2.38. The number of piperidine rings is 1. The molecule has 1 amide bonds. The van der Waals surface area contributed by atoms with Gasteiger partial charge in [-0.05, 0) is 37.8 Å². The van der Waals surface area contributed by atoms with Crippen molar-refractivity contribution in [3.05, 3.63) is 45.7 Å². The van der Waals surface area contributed by atoms with Gasteiger partial charge in [0.05, 0.1) is 0 Å². The van der Waals surface area contributed by atoms with Gasteiger partial charge in [-0.2, -0.15) is 0 Å². The number of aryl methyl sites for hydroxylation is 1. The van der Waals surface area contributed by atoms with E-state index >= 15 is 0 Å². The standard InChI is InChI=1S/C17H20N2O2/c1-11-5-7-19(8-6-11)17(21)15-10-16(20)13-9-12(2)3-4-14(13)18-15/h3-4,9-11H,5-8H2,1-2H3,(H,18,20). The number of rotatable bonds is 1. The molecule has 2 heterocycles. The lowest BCUT2D eigenvalue weighted by atomic mass is 9.99. The molecular weight excluding hydrogens is 264 g/mol. The highest BCUT2D eigenvalue weighted by Crippen LogP contribution is 2.18. The highest BCUT2D eigenvalue weighted by molar-refractivity contribution is 5.95. The third-order valence-electron chi connectivity index (χ3n) is 4.29. The van der Waals surface area contributed by atoms with Crippen molar-refractivity contribution >= 4 is 16.8 Å². The van der Waals surface area contributed by atoms with E-state index in [9.17, 15) is 9.59 Å². The van der Waals surface area contributed by atoms with Crippen LogP contribution < -0.4 is 5.43 Å². The van der Waals surface area contributed by atoms with Crippen molar-refractivity contribution in [1.29, 1.82) is 0 Å². The fourth-order valence-corrected chi connectivity index (χ4v) is 2.86. The number of likely N-dealkylation sites (tertiary alicyclic amines) is 1. The fourth-order valence-electron chi connectivity index (χ4n) is 2.86. The maximum atomic E-state index is 12.5. The highest BCUT2D eigenvalue weighted by Gasteiger charge is 2.22. The molecule has 3 rings (SSSR count). The number of nitrogens with zero attached hydrogens (tertiary/aromatic N) is 1. The van der Waals surface area contributed by atoms with Crippen LogP contribution in [-0.4, -0.2) is 28.9 Å². The predicted molar refractivity (Wildman–Crippen MR) is 83.6 cm³/mol. The van der Waals surface area contributed by atoms with Crippen LogP contribution in [0, 0.1) is 12.8 Å². The van der Waals surface area contributed by atoms with Gasteiger partial charge in [0.2, 0.25) is 0 Å². The first-order chi connectivity index (χ1) is 10.0. The van der Waals surface area contributed by atoms with E-state index in [-0.39, 0.29) is 11.3 Å². The van der Waals surface area contributed by atoms with E-state index in [2.05, 4.69) is 11.9 Å². The van der Waals surface area contributed by atoms with Crippen LogP contribution in [-0.2, 0) is 0 Å². The van der Waals surface area contributed by atoms with Crippen LogP contribution in [0.2, 0.25) is 0 Å². The Labute approximate surface area is 123 Å². The second-order valence-corrected chi connectivity index (χ2v) is 6.07. The monoisotopic (exact) mass is 284 g/mol. The molecular formula is C17H20N2O2. The molecule has 1 aliphatic heterocycles. The van der Waals surface area contributed by atoms with Gasteiger partial charge in [0, 0.05) is 30.1 Å². The number of nitrogens with one attached hydrogen (secondary N) is 1. The zero-order valence-electron chi connectivity index (χ0n) is 12.5. The van der Waals surface area contributed by atoms with Crippen molar-refractivity contribution in [2.24, 2.45) is 5.92 Å². The second-order valence-electron chi connectivity index (χ2n) is 6.07. The van der Waals surface area contributed by atoms with Crippen LogP contribution in [0.15, 0.2) is 29.1 Å². The van der Waals surface area contributed by atoms with Crippen LogP contribution in [0.3, 0.4) is 0 Å². The zero-order valence-corrected chi connectivity index (χ0v) is 12.5. The molecule has 1 fully saturated rings. The molecule has 1 N–H and O–H groups in total. The van der Waals surface area contributed by atoms with Crippen LogP contribution >= 0.6 is 0 Å². The Morgan fingerprint density at radius 2 is 1.95 bits per heavy atom. The molecule has 0 radical (unpaired) electrons. The third kappa shape index (κ3) is 2.71. The molecule has 0 spiro atoms. The molecule has 4 heteroatoms. The summed E-state index contributed by atoms with van der Waals surface area (Å²) in [5, 5.41) is 0.638. The van der Waals surface area contributed by atoms with Crippen LogP contribution in [0.25, 0.3) is 10.9 Å². The van der Waals surface area contributed by atoms with Crippen LogP contribution in [0.5, 0.6) is 0 Å². The minimum atomic E-state index is -0.0961. The number of pyridine rings is 1. The molecule has 1 aliphatic rings. The summed E-state index contributed by atoms with van der Waals surface area (Å²) in [6.07, 6.45) is 2.06. The number of benzene rings is 1. The quantitative estimate of drug-likeness (QED) is 0.875. The van der Waals surface area contributed by atoms with Crippen molar-refractivity contribution in [2.45, 2.75) is 26.7 Å². The number of hydrogen-bond donors (Lipinski definition) is 1. The van der Waals surface area contributed by atoms with Gasteiger partial charge in [0.15, 0.2) is 5.43 Å². The maximum absolute atomic E-state index is 12.5. The summed E-state index contributed by atoms with van der Waals surface area (Å²) in [6.45, 7) is 5.71. The Morgan fingerprint density at radius 1 is 1.24 bits per heavy atom. The molecule has 0 saturated carbocycles.